The van der Waals surface area contributed by atoms with Crippen molar-refractivity contribution in [1.82, 2.24) is 4.57 Å². The van der Waals surface area contributed by atoms with Crippen molar-refractivity contribution in [2.75, 3.05) is 0 Å². The van der Waals surface area contributed by atoms with Gasteiger partial charge in [0.2, 0.25) is 0 Å². The lowest BCUT2D eigenvalue weighted by molar-refractivity contribution is 0.0972. The van der Waals surface area contributed by atoms with E-state index in [2.05, 4.69) is 0 Å². The van der Waals surface area contributed by atoms with E-state index in [0.29, 0.717) is 28.3 Å². The number of aryl methyl sites for hydroxylation is 2. The Morgan fingerprint density at radius 1 is 1.13 bits per heavy atom. The van der Waals surface area contributed by atoms with Crippen LogP contribution in [0, 0.1) is 19.7 Å². The van der Waals surface area contributed by atoms with Crippen LogP contribution in [0.1, 0.15) is 31.8 Å². The number of halogens is 1. The van der Waals surface area contributed by atoms with Gasteiger partial charge in [-0.1, -0.05) is 12.1 Å². The second kappa shape index (κ2) is 5.80. The van der Waals surface area contributed by atoms with Gasteiger partial charge in [0.1, 0.15) is 5.82 Å². The lowest BCUT2D eigenvalue weighted by Gasteiger charge is -2.07. The molecule has 0 aliphatic heterocycles. The number of hydrogen-bond donors (Lipinski definition) is 0. The quantitative estimate of drug-likeness (QED) is 0.538. The minimum Gasteiger partial charge on any atom is -0.339 e. The van der Waals surface area contributed by atoms with Crippen LogP contribution in [-0.2, 0) is 6.54 Å². The summed E-state index contributed by atoms with van der Waals surface area (Å²) in [5.74, 6) is -0.453. The summed E-state index contributed by atoms with van der Waals surface area (Å²) in [6.45, 7) is 4.07. The van der Waals surface area contributed by atoms with Crippen molar-refractivity contribution < 1.29 is 14.0 Å². The van der Waals surface area contributed by atoms with Crippen LogP contribution in [0.3, 0.4) is 0 Å². The summed E-state index contributed by atoms with van der Waals surface area (Å²) in [4.78, 5) is 23.7. The van der Waals surface area contributed by atoms with Gasteiger partial charge in [0.25, 0.3) is 0 Å². The van der Waals surface area contributed by atoms with E-state index in [0.717, 1.165) is 11.1 Å². The maximum absolute atomic E-state index is 13.4. The number of hydrogen-bond acceptors (Lipinski definition) is 2. The van der Waals surface area contributed by atoms with E-state index in [1.54, 1.807) is 22.9 Å². The Hall–Kier alpha value is -2.75. The van der Waals surface area contributed by atoms with Crippen LogP contribution in [0.4, 0.5) is 4.39 Å². The van der Waals surface area contributed by atoms with Gasteiger partial charge in [-0.3, -0.25) is 9.59 Å². The molecule has 0 N–H and O–H groups in total. The van der Waals surface area contributed by atoms with Crippen molar-refractivity contribution >= 4 is 23.0 Å². The third-order valence-electron chi connectivity index (χ3n) is 4.14. The summed E-state index contributed by atoms with van der Waals surface area (Å²) in [5.41, 5.74) is 3.87. The lowest BCUT2D eigenvalue weighted by atomic mass is 10.0. The fourth-order valence-corrected chi connectivity index (χ4v) is 2.68. The average molecular weight is 309 g/mol. The molecule has 1 heterocycles. The highest BCUT2D eigenvalue weighted by molar-refractivity contribution is 6.00. The first kappa shape index (κ1) is 15.2. The largest absolute Gasteiger partial charge is 0.339 e. The summed E-state index contributed by atoms with van der Waals surface area (Å²) in [7, 11) is 0. The molecule has 0 saturated heterocycles. The highest BCUT2D eigenvalue weighted by atomic mass is 19.1. The lowest BCUT2D eigenvalue weighted by Crippen LogP contribution is -2.10. The molecule has 0 saturated carbocycles. The molecule has 3 aromatic rings. The van der Waals surface area contributed by atoms with E-state index in [4.69, 9.17) is 0 Å². The molecule has 0 fully saturated rings. The third kappa shape index (κ3) is 2.80. The Bertz CT molecular complexity index is 925. The van der Waals surface area contributed by atoms with Crippen molar-refractivity contribution in [1.29, 1.82) is 0 Å². The molecular weight excluding hydrogens is 293 g/mol. The molecule has 116 valence electrons. The van der Waals surface area contributed by atoms with Gasteiger partial charge in [0, 0.05) is 28.2 Å². The second-order valence-corrected chi connectivity index (χ2v) is 5.71. The topological polar surface area (TPSA) is 39.1 Å². The predicted molar refractivity (Wildman–Crippen MR) is 87.5 cm³/mol. The van der Waals surface area contributed by atoms with Gasteiger partial charge in [-0.05, 0) is 49.2 Å². The molecule has 0 radical (unpaired) electrons. The highest BCUT2D eigenvalue weighted by Gasteiger charge is 2.13. The number of carbonyl (C=O) groups is 2. The van der Waals surface area contributed by atoms with E-state index in [1.165, 1.54) is 12.1 Å². The molecule has 3 rings (SSSR count). The summed E-state index contributed by atoms with van der Waals surface area (Å²) in [6, 6.07) is 9.82. The van der Waals surface area contributed by atoms with Crippen LogP contribution < -0.4 is 0 Å². The summed E-state index contributed by atoms with van der Waals surface area (Å²) in [5, 5.41) is 0.521. The van der Waals surface area contributed by atoms with Crippen LogP contribution in [0.5, 0.6) is 0 Å². The van der Waals surface area contributed by atoms with E-state index >= 15 is 0 Å². The van der Waals surface area contributed by atoms with Gasteiger partial charge in [-0.2, -0.15) is 0 Å². The first-order valence-corrected chi connectivity index (χ1v) is 7.33. The Morgan fingerprint density at radius 3 is 2.61 bits per heavy atom. The van der Waals surface area contributed by atoms with Gasteiger partial charge in [-0.25, -0.2) is 4.39 Å². The van der Waals surface area contributed by atoms with Gasteiger partial charge < -0.3 is 4.57 Å². The molecule has 4 heteroatoms. The standard InChI is InChI=1S/C19H16FNO2/c1-12-3-4-14(7-13(12)2)19(23)10-21-9-15(11-22)17-8-16(20)5-6-18(17)21/h3-9,11H,10H2,1-2H3. The van der Waals surface area contributed by atoms with Crippen LogP contribution in [0.2, 0.25) is 0 Å². The summed E-state index contributed by atoms with van der Waals surface area (Å²) in [6.07, 6.45) is 2.27. The molecule has 3 nitrogen and oxygen atoms in total. The predicted octanol–water partition coefficient (Wildman–Crippen LogP) is 4.09. The number of aromatic nitrogens is 1. The van der Waals surface area contributed by atoms with E-state index in [-0.39, 0.29) is 12.3 Å². The third-order valence-corrected chi connectivity index (χ3v) is 4.14. The Kier molecular flexibility index (Phi) is 3.82. The zero-order valence-electron chi connectivity index (χ0n) is 13.0. The molecule has 0 atom stereocenters. The molecule has 0 spiro atoms. The maximum Gasteiger partial charge on any atom is 0.182 e. The van der Waals surface area contributed by atoms with Gasteiger partial charge >= 0.3 is 0 Å². The molecule has 23 heavy (non-hydrogen) atoms. The van der Waals surface area contributed by atoms with Crippen molar-refractivity contribution in [2.45, 2.75) is 20.4 Å². The van der Waals surface area contributed by atoms with E-state index in [9.17, 15) is 14.0 Å². The highest BCUT2D eigenvalue weighted by Crippen LogP contribution is 2.22. The Labute approximate surface area is 133 Å². The first-order valence-electron chi connectivity index (χ1n) is 7.33. The molecule has 0 aliphatic rings. The van der Waals surface area contributed by atoms with E-state index < -0.39 is 5.82 Å². The number of ketones is 1. The molecule has 0 aliphatic carbocycles. The molecule has 0 amide bonds. The smallest absolute Gasteiger partial charge is 0.182 e. The fourth-order valence-electron chi connectivity index (χ4n) is 2.68. The second-order valence-electron chi connectivity index (χ2n) is 5.71. The van der Waals surface area contributed by atoms with Crippen LogP contribution >= 0.6 is 0 Å². The fraction of sp³-hybridized carbons (Fsp3) is 0.158. The summed E-state index contributed by atoms with van der Waals surface area (Å²) >= 11 is 0. The number of rotatable bonds is 4. The van der Waals surface area contributed by atoms with E-state index in [1.807, 2.05) is 26.0 Å². The van der Waals surface area contributed by atoms with Crippen molar-refractivity contribution in [3.63, 3.8) is 0 Å². The number of carbonyl (C=O) groups excluding carboxylic acids is 2. The number of Topliss-reactive ketones (excluding diaryl/α,β-unsaturated/α-hetero) is 1. The Balaban J connectivity index is 1.99. The zero-order chi connectivity index (χ0) is 16.6. The Morgan fingerprint density at radius 2 is 1.91 bits per heavy atom. The minimum atomic E-state index is -0.404. The number of fused-ring (bicyclic) bond motifs is 1. The van der Waals surface area contributed by atoms with Gasteiger partial charge in [0.05, 0.1) is 6.54 Å². The summed E-state index contributed by atoms with van der Waals surface area (Å²) < 4.78 is 15.1. The number of aldehydes is 1. The molecule has 2 aromatic carbocycles. The van der Waals surface area contributed by atoms with Gasteiger partial charge in [-0.15, -0.1) is 0 Å². The minimum absolute atomic E-state index is 0.0493. The molecular formula is C19H16FNO2. The van der Waals surface area contributed by atoms with Crippen LogP contribution in [0.15, 0.2) is 42.6 Å². The normalized spacial score (nSPS) is 10.9. The van der Waals surface area contributed by atoms with Crippen molar-refractivity contribution in [2.24, 2.45) is 0 Å². The van der Waals surface area contributed by atoms with Gasteiger partial charge in [0.15, 0.2) is 12.1 Å². The van der Waals surface area contributed by atoms with Crippen molar-refractivity contribution in [3.8, 4) is 0 Å². The molecule has 1 aromatic heterocycles. The number of benzene rings is 2. The zero-order valence-corrected chi connectivity index (χ0v) is 13.0. The molecule has 0 bridgehead atoms. The number of nitrogens with zero attached hydrogens (tertiary/aromatic N) is 1. The van der Waals surface area contributed by atoms with Crippen LogP contribution in [0.25, 0.3) is 10.9 Å². The van der Waals surface area contributed by atoms with Crippen LogP contribution in [-0.4, -0.2) is 16.6 Å². The maximum atomic E-state index is 13.4. The monoisotopic (exact) mass is 309 g/mol. The average Bonchev–Trinajstić information content (AvgIpc) is 2.87. The molecule has 0 unspecified atom stereocenters. The first-order chi connectivity index (χ1) is 11.0. The SMILES string of the molecule is Cc1ccc(C(=O)Cn2cc(C=O)c3cc(F)ccc32)cc1C. The van der Waals surface area contributed by atoms with Crippen molar-refractivity contribution in [3.05, 3.63) is 70.7 Å².